The molecule has 0 saturated carbocycles. The van der Waals surface area contributed by atoms with Gasteiger partial charge in [0.25, 0.3) is 0 Å². The average molecular weight is 329 g/mol. The summed E-state index contributed by atoms with van der Waals surface area (Å²) in [6.45, 7) is 5.28. The topological polar surface area (TPSA) is 18.5 Å². The molecular weight excluding hydrogens is 304 g/mol. The van der Waals surface area contributed by atoms with Gasteiger partial charge in [0.2, 0.25) is 0 Å². The fourth-order valence-electron chi connectivity index (χ4n) is 2.03. The van der Waals surface area contributed by atoms with Gasteiger partial charge in [-0.3, -0.25) is 0 Å². The average Bonchev–Trinajstić information content (AvgIpc) is 2.47. The number of methoxy groups -OCH3 is 1. The molecule has 2 nitrogen and oxygen atoms in total. The molecule has 0 aliphatic rings. The molecule has 1 aromatic carbocycles. The lowest BCUT2D eigenvalue weighted by Gasteiger charge is -2.17. The highest BCUT2D eigenvalue weighted by Crippen LogP contribution is 2.27. The minimum absolute atomic E-state index is 0.658. The van der Waals surface area contributed by atoms with Crippen LogP contribution in [0.2, 0.25) is 0 Å². The van der Waals surface area contributed by atoms with E-state index in [2.05, 4.69) is 29.8 Å². The van der Waals surface area contributed by atoms with Crippen LogP contribution in [0.15, 0.2) is 18.2 Å². The molecule has 0 amide bonds. The summed E-state index contributed by atoms with van der Waals surface area (Å²) in [5.74, 6) is 2.50. The first kappa shape index (κ1) is 16.4. The van der Waals surface area contributed by atoms with E-state index in [4.69, 9.17) is 9.47 Å². The zero-order chi connectivity index (χ0) is 14.1. The monoisotopic (exact) mass is 328 g/mol. The van der Waals surface area contributed by atoms with Gasteiger partial charge in [-0.15, -0.1) is 0 Å². The van der Waals surface area contributed by atoms with E-state index in [0.29, 0.717) is 5.92 Å². The SMILES string of the molecule is CCCCC(CC)COc1ccc(OC)cc1CBr. The molecule has 3 heteroatoms. The van der Waals surface area contributed by atoms with E-state index in [1.807, 2.05) is 18.2 Å². The fraction of sp³-hybridized carbons (Fsp3) is 0.625. The molecule has 0 saturated heterocycles. The standard InChI is InChI=1S/C16H25BrO2/c1-4-6-7-13(5-2)12-19-16-9-8-15(18-3)10-14(16)11-17/h8-10,13H,4-7,11-12H2,1-3H3. The molecule has 1 atom stereocenters. The summed E-state index contributed by atoms with van der Waals surface area (Å²) in [4.78, 5) is 0. The molecule has 0 heterocycles. The van der Waals surface area contributed by atoms with E-state index >= 15 is 0 Å². The first-order valence-corrected chi connectivity index (χ1v) is 8.22. The van der Waals surface area contributed by atoms with Gasteiger partial charge < -0.3 is 9.47 Å². The number of rotatable bonds is 9. The van der Waals surface area contributed by atoms with E-state index in [-0.39, 0.29) is 0 Å². The van der Waals surface area contributed by atoms with E-state index in [0.717, 1.165) is 29.0 Å². The predicted octanol–water partition coefficient (Wildman–Crippen LogP) is 5.19. The molecule has 0 spiro atoms. The van der Waals surface area contributed by atoms with Gasteiger partial charge in [-0.05, 0) is 30.5 Å². The Morgan fingerprint density at radius 1 is 1.26 bits per heavy atom. The first-order chi connectivity index (χ1) is 9.24. The highest BCUT2D eigenvalue weighted by molar-refractivity contribution is 9.08. The van der Waals surface area contributed by atoms with Crippen LogP contribution in [-0.4, -0.2) is 13.7 Å². The lowest BCUT2D eigenvalue weighted by atomic mass is 10.0. The van der Waals surface area contributed by atoms with Crippen molar-refractivity contribution >= 4 is 15.9 Å². The summed E-state index contributed by atoms with van der Waals surface area (Å²) in [7, 11) is 1.69. The van der Waals surface area contributed by atoms with E-state index in [9.17, 15) is 0 Å². The molecule has 0 aliphatic carbocycles. The molecule has 1 aromatic rings. The van der Waals surface area contributed by atoms with E-state index < -0.39 is 0 Å². The van der Waals surface area contributed by atoms with Crippen molar-refractivity contribution in [2.75, 3.05) is 13.7 Å². The number of unbranched alkanes of at least 4 members (excludes halogenated alkanes) is 1. The lowest BCUT2D eigenvalue weighted by Crippen LogP contribution is -2.12. The van der Waals surface area contributed by atoms with Crippen molar-refractivity contribution in [2.45, 2.75) is 44.9 Å². The largest absolute Gasteiger partial charge is 0.497 e. The molecule has 0 aromatic heterocycles. The zero-order valence-corrected chi connectivity index (χ0v) is 13.8. The Labute approximate surface area is 125 Å². The van der Waals surface area contributed by atoms with Crippen molar-refractivity contribution < 1.29 is 9.47 Å². The Balaban J connectivity index is 2.60. The summed E-state index contributed by atoms with van der Waals surface area (Å²) in [5, 5.41) is 0.783. The van der Waals surface area contributed by atoms with Crippen LogP contribution >= 0.6 is 15.9 Å². The van der Waals surface area contributed by atoms with Gasteiger partial charge in [0.15, 0.2) is 0 Å². The maximum Gasteiger partial charge on any atom is 0.123 e. The van der Waals surface area contributed by atoms with E-state index in [1.165, 1.54) is 25.7 Å². The highest BCUT2D eigenvalue weighted by Gasteiger charge is 2.09. The normalized spacial score (nSPS) is 12.2. The second kappa shape index (κ2) is 9.24. The van der Waals surface area contributed by atoms with E-state index in [1.54, 1.807) is 7.11 Å². The van der Waals surface area contributed by atoms with Crippen LogP contribution in [0.3, 0.4) is 0 Å². The summed E-state index contributed by atoms with van der Waals surface area (Å²) in [5.41, 5.74) is 1.14. The van der Waals surface area contributed by atoms with Crippen molar-refractivity contribution in [3.8, 4) is 11.5 Å². The van der Waals surface area contributed by atoms with Gasteiger partial charge in [-0.1, -0.05) is 49.0 Å². The Morgan fingerprint density at radius 2 is 2.05 bits per heavy atom. The number of alkyl halides is 1. The van der Waals surface area contributed by atoms with Crippen LogP contribution in [-0.2, 0) is 5.33 Å². The molecule has 0 bridgehead atoms. The van der Waals surface area contributed by atoms with Gasteiger partial charge in [0.1, 0.15) is 11.5 Å². The molecule has 0 radical (unpaired) electrons. The number of ether oxygens (including phenoxy) is 2. The third-order valence-electron chi connectivity index (χ3n) is 3.43. The molecule has 0 aliphatic heterocycles. The van der Waals surface area contributed by atoms with Gasteiger partial charge in [-0.2, -0.15) is 0 Å². The molecule has 0 fully saturated rings. The number of halogens is 1. The number of hydrogen-bond donors (Lipinski definition) is 0. The maximum absolute atomic E-state index is 5.99. The Hall–Kier alpha value is -0.700. The van der Waals surface area contributed by atoms with Crippen LogP contribution < -0.4 is 9.47 Å². The summed E-state index contributed by atoms with van der Waals surface area (Å²) < 4.78 is 11.2. The molecular formula is C16H25BrO2. The fourth-order valence-corrected chi connectivity index (χ4v) is 2.47. The van der Waals surface area contributed by atoms with Crippen molar-refractivity contribution in [1.82, 2.24) is 0 Å². The smallest absolute Gasteiger partial charge is 0.123 e. The maximum atomic E-state index is 5.99. The second-order valence-electron chi connectivity index (χ2n) is 4.83. The van der Waals surface area contributed by atoms with Crippen LogP contribution in [0.4, 0.5) is 0 Å². The summed E-state index contributed by atoms with van der Waals surface area (Å²) in [6, 6.07) is 5.98. The van der Waals surface area contributed by atoms with Crippen LogP contribution in [0.5, 0.6) is 11.5 Å². The van der Waals surface area contributed by atoms with Crippen LogP contribution in [0.1, 0.15) is 45.1 Å². The quantitative estimate of drug-likeness (QED) is 0.581. The number of hydrogen-bond acceptors (Lipinski definition) is 2. The van der Waals surface area contributed by atoms with Crippen LogP contribution in [0.25, 0.3) is 0 Å². The van der Waals surface area contributed by atoms with Crippen molar-refractivity contribution in [3.63, 3.8) is 0 Å². The number of benzene rings is 1. The third kappa shape index (κ3) is 5.43. The van der Waals surface area contributed by atoms with Gasteiger partial charge in [0, 0.05) is 10.9 Å². The minimum atomic E-state index is 0.658. The summed E-state index contributed by atoms with van der Waals surface area (Å²) >= 11 is 3.50. The zero-order valence-electron chi connectivity index (χ0n) is 12.2. The molecule has 0 N–H and O–H groups in total. The Bertz CT molecular complexity index is 366. The Kier molecular flexibility index (Phi) is 7.96. The second-order valence-corrected chi connectivity index (χ2v) is 5.40. The third-order valence-corrected chi connectivity index (χ3v) is 4.03. The Morgan fingerprint density at radius 3 is 2.63 bits per heavy atom. The van der Waals surface area contributed by atoms with Gasteiger partial charge >= 0.3 is 0 Å². The van der Waals surface area contributed by atoms with Crippen LogP contribution in [0, 0.1) is 5.92 Å². The minimum Gasteiger partial charge on any atom is -0.497 e. The van der Waals surface area contributed by atoms with Crippen molar-refractivity contribution in [3.05, 3.63) is 23.8 Å². The lowest BCUT2D eigenvalue weighted by molar-refractivity contribution is 0.232. The van der Waals surface area contributed by atoms with Crippen molar-refractivity contribution in [2.24, 2.45) is 5.92 Å². The highest BCUT2D eigenvalue weighted by atomic mass is 79.9. The summed E-state index contributed by atoms with van der Waals surface area (Å²) in [6.07, 6.45) is 4.98. The molecule has 108 valence electrons. The molecule has 1 unspecified atom stereocenters. The molecule has 1 rings (SSSR count). The predicted molar refractivity (Wildman–Crippen MR) is 84.4 cm³/mol. The van der Waals surface area contributed by atoms with Gasteiger partial charge in [-0.25, -0.2) is 0 Å². The molecule has 19 heavy (non-hydrogen) atoms. The van der Waals surface area contributed by atoms with Crippen molar-refractivity contribution in [1.29, 1.82) is 0 Å². The van der Waals surface area contributed by atoms with Gasteiger partial charge in [0.05, 0.1) is 13.7 Å². The first-order valence-electron chi connectivity index (χ1n) is 7.10.